The van der Waals surface area contributed by atoms with Crippen LogP contribution in [0.25, 0.3) is 11.0 Å². The molecule has 2 aromatic carbocycles. The average molecular weight is 389 g/mol. The summed E-state index contributed by atoms with van der Waals surface area (Å²) in [5, 5.41) is 2.82. The van der Waals surface area contributed by atoms with E-state index in [4.69, 9.17) is 4.74 Å². The average Bonchev–Trinajstić information content (AvgIpc) is 3.00. The molecule has 1 heterocycles. The van der Waals surface area contributed by atoms with Crippen LogP contribution in [0.1, 0.15) is 22.6 Å². The molecule has 0 atom stereocenters. The van der Waals surface area contributed by atoms with Gasteiger partial charge in [-0.2, -0.15) is 8.78 Å². The smallest absolute Gasteiger partial charge is 0.387 e. The third kappa shape index (κ3) is 4.39. The predicted octanol–water partition coefficient (Wildman–Crippen LogP) is 3.77. The first-order valence-electron chi connectivity index (χ1n) is 8.82. The maximum absolute atomic E-state index is 12.4. The number of ether oxygens (including phenoxy) is 2. The zero-order chi connectivity index (χ0) is 20.1. The molecule has 0 bridgehead atoms. The van der Waals surface area contributed by atoms with Crippen LogP contribution in [0.15, 0.2) is 42.5 Å². The van der Waals surface area contributed by atoms with Crippen molar-refractivity contribution in [3.63, 3.8) is 0 Å². The van der Waals surface area contributed by atoms with Gasteiger partial charge < -0.3 is 19.4 Å². The number of benzene rings is 2. The summed E-state index contributed by atoms with van der Waals surface area (Å²) in [6, 6.07) is 12.0. The highest BCUT2D eigenvalue weighted by Gasteiger charge is 2.14. The van der Waals surface area contributed by atoms with Crippen LogP contribution < -0.4 is 14.8 Å². The number of methoxy groups -OCH3 is 1. The summed E-state index contributed by atoms with van der Waals surface area (Å²) in [7, 11) is 1.33. The lowest BCUT2D eigenvalue weighted by atomic mass is 10.2. The minimum absolute atomic E-state index is 0.0773. The maximum atomic E-state index is 12.4. The summed E-state index contributed by atoms with van der Waals surface area (Å²) in [5.74, 6) is 0.575. The summed E-state index contributed by atoms with van der Waals surface area (Å²) in [4.78, 5) is 16.8. The van der Waals surface area contributed by atoms with E-state index in [2.05, 4.69) is 19.6 Å². The van der Waals surface area contributed by atoms with E-state index in [1.807, 2.05) is 31.2 Å². The second kappa shape index (κ2) is 8.69. The number of aryl methyl sites for hydroxylation is 2. The van der Waals surface area contributed by atoms with E-state index in [1.54, 1.807) is 0 Å². The number of para-hydroxylation sites is 2. The van der Waals surface area contributed by atoms with Gasteiger partial charge in [0.25, 0.3) is 5.91 Å². The molecule has 3 aromatic rings. The van der Waals surface area contributed by atoms with Gasteiger partial charge in [-0.15, -0.1) is 0 Å². The van der Waals surface area contributed by atoms with E-state index in [0.29, 0.717) is 12.1 Å². The van der Waals surface area contributed by atoms with Gasteiger partial charge in [0.05, 0.1) is 18.1 Å². The number of hydrogen-bond acceptors (Lipinski definition) is 4. The highest BCUT2D eigenvalue weighted by atomic mass is 19.3. The van der Waals surface area contributed by atoms with Gasteiger partial charge in [0, 0.05) is 18.7 Å². The molecule has 0 unspecified atom stereocenters. The second-order valence-corrected chi connectivity index (χ2v) is 6.15. The lowest BCUT2D eigenvalue weighted by Gasteiger charge is -2.12. The van der Waals surface area contributed by atoms with Gasteiger partial charge in [-0.05, 0) is 43.7 Å². The predicted molar refractivity (Wildman–Crippen MR) is 101 cm³/mol. The molecule has 8 heteroatoms. The molecule has 0 saturated carbocycles. The van der Waals surface area contributed by atoms with Crippen LogP contribution in [0.5, 0.6) is 11.5 Å². The number of amides is 1. The quantitative estimate of drug-likeness (QED) is 0.596. The maximum Gasteiger partial charge on any atom is 0.387 e. The number of alkyl halides is 2. The molecule has 1 N–H and O–H groups in total. The number of rotatable bonds is 8. The minimum Gasteiger partial charge on any atom is -0.493 e. The van der Waals surface area contributed by atoms with E-state index in [1.165, 1.54) is 25.3 Å². The third-order valence-corrected chi connectivity index (χ3v) is 4.33. The van der Waals surface area contributed by atoms with E-state index >= 15 is 0 Å². The largest absolute Gasteiger partial charge is 0.493 e. The van der Waals surface area contributed by atoms with E-state index in [0.717, 1.165) is 29.8 Å². The summed E-state index contributed by atoms with van der Waals surface area (Å²) in [6.45, 7) is 0.171. The summed E-state index contributed by atoms with van der Waals surface area (Å²) in [6.07, 6.45) is 0.719. The number of nitrogens with one attached hydrogen (secondary N) is 1. The molecular weight excluding hydrogens is 368 g/mol. The molecular formula is C20H21F2N3O3. The molecule has 1 aromatic heterocycles. The Bertz CT molecular complexity index is 972. The first kappa shape index (κ1) is 19.6. The van der Waals surface area contributed by atoms with Gasteiger partial charge in [0.15, 0.2) is 11.5 Å². The first-order chi connectivity index (χ1) is 13.5. The zero-order valence-corrected chi connectivity index (χ0v) is 15.6. The van der Waals surface area contributed by atoms with Crippen molar-refractivity contribution in [1.29, 1.82) is 0 Å². The van der Waals surface area contributed by atoms with E-state index in [-0.39, 0.29) is 17.4 Å². The number of nitrogens with zero attached hydrogens (tertiary/aromatic N) is 2. The number of aromatic nitrogens is 2. The monoisotopic (exact) mass is 389 g/mol. The van der Waals surface area contributed by atoms with Crippen LogP contribution in [0, 0.1) is 6.92 Å². The molecule has 0 spiro atoms. The van der Waals surface area contributed by atoms with Gasteiger partial charge in [-0.3, -0.25) is 4.79 Å². The molecule has 148 valence electrons. The molecule has 3 rings (SSSR count). The second-order valence-electron chi connectivity index (χ2n) is 6.15. The van der Waals surface area contributed by atoms with Crippen molar-refractivity contribution >= 4 is 16.9 Å². The lowest BCUT2D eigenvalue weighted by Crippen LogP contribution is -2.25. The Labute approximate surface area is 161 Å². The summed E-state index contributed by atoms with van der Waals surface area (Å²) in [5.41, 5.74) is 2.32. The fraction of sp³-hybridized carbons (Fsp3) is 0.300. The topological polar surface area (TPSA) is 65.4 Å². The molecule has 0 radical (unpaired) electrons. The number of hydrogen-bond donors (Lipinski definition) is 1. The van der Waals surface area contributed by atoms with Crippen LogP contribution in [0.4, 0.5) is 8.78 Å². The van der Waals surface area contributed by atoms with Crippen molar-refractivity contribution in [3.8, 4) is 11.5 Å². The highest BCUT2D eigenvalue weighted by Crippen LogP contribution is 2.29. The van der Waals surface area contributed by atoms with Crippen molar-refractivity contribution in [2.45, 2.75) is 26.5 Å². The van der Waals surface area contributed by atoms with Crippen molar-refractivity contribution in [2.24, 2.45) is 0 Å². The number of halogens is 2. The standard InChI is InChI=1S/C20H21F2N3O3/c1-13-24-15-6-3-4-7-16(15)25(13)11-5-10-23-19(26)14-8-9-17(28-20(21)22)18(12-14)27-2/h3-4,6-9,12,20H,5,10-11H2,1-2H3,(H,23,26). The number of carbonyl (C=O) groups is 1. The Hall–Kier alpha value is -3.16. The Morgan fingerprint density at radius 2 is 2.00 bits per heavy atom. The molecule has 0 aliphatic heterocycles. The molecule has 0 aliphatic rings. The summed E-state index contributed by atoms with van der Waals surface area (Å²) < 4.78 is 36.2. The molecule has 0 saturated heterocycles. The van der Waals surface area contributed by atoms with Crippen LogP contribution in [-0.2, 0) is 6.54 Å². The van der Waals surface area contributed by atoms with E-state index < -0.39 is 6.61 Å². The fourth-order valence-electron chi connectivity index (χ4n) is 3.02. The van der Waals surface area contributed by atoms with Gasteiger partial charge in [0.2, 0.25) is 0 Å². The Morgan fingerprint density at radius 1 is 1.21 bits per heavy atom. The van der Waals surface area contributed by atoms with Crippen molar-refractivity contribution in [1.82, 2.24) is 14.9 Å². The molecule has 1 amide bonds. The van der Waals surface area contributed by atoms with Crippen LogP contribution in [0.3, 0.4) is 0 Å². The molecule has 6 nitrogen and oxygen atoms in total. The van der Waals surface area contributed by atoms with Gasteiger partial charge in [-0.25, -0.2) is 4.98 Å². The normalized spacial score (nSPS) is 11.0. The SMILES string of the molecule is COc1cc(C(=O)NCCCn2c(C)nc3ccccc32)ccc1OC(F)F. The van der Waals surface area contributed by atoms with Crippen molar-refractivity contribution in [2.75, 3.05) is 13.7 Å². The highest BCUT2D eigenvalue weighted by molar-refractivity contribution is 5.94. The van der Waals surface area contributed by atoms with Crippen molar-refractivity contribution < 1.29 is 23.0 Å². The van der Waals surface area contributed by atoms with Crippen molar-refractivity contribution in [3.05, 3.63) is 53.9 Å². The van der Waals surface area contributed by atoms with Gasteiger partial charge in [-0.1, -0.05) is 12.1 Å². The third-order valence-electron chi connectivity index (χ3n) is 4.33. The number of carbonyl (C=O) groups excluding carboxylic acids is 1. The summed E-state index contributed by atoms with van der Waals surface area (Å²) >= 11 is 0. The number of imidazole rings is 1. The Morgan fingerprint density at radius 3 is 2.75 bits per heavy atom. The molecule has 28 heavy (non-hydrogen) atoms. The van der Waals surface area contributed by atoms with E-state index in [9.17, 15) is 13.6 Å². The Kier molecular flexibility index (Phi) is 6.08. The first-order valence-corrected chi connectivity index (χ1v) is 8.82. The van der Waals surface area contributed by atoms with Crippen LogP contribution in [0.2, 0.25) is 0 Å². The molecule has 0 aliphatic carbocycles. The lowest BCUT2D eigenvalue weighted by molar-refractivity contribution is -0.0512. The Balaban J connectivity index is 1.57. The van der Waals surface area contributed by atoms with Gasteiger partial charge >= 0.3 is 6.61 Å². The van der Waals surface area contributed by atoms with Crippen LogP contribution >= 0.6 is 0 Å². The minimum atomic E-state index is -2.96. The van der Waals surface area contributed by atoms with Crippen LogP contribution in [-0.4, -0.2) is 35.7 Å². The molecule has 0 fully saturated rings. The van der Waals surface area contributed by atoms with Gasteiger partial charge in [0.1, 0.15) is 5.82 Å². The fourth-order valence-corrected chi connectivity index (χ4v) is 3.02. The number of fused-ring (bicyclic) bond motifs is 1. The zero-order valence-electron chi connectivity index (χ0n) is 15.6.